The van der Waals surface area contributed by atoms with Crippen molar-refractivity contribution in [2.75, 3.05) is 6.61 Å². The van der Waals surface area contributed by atoms with Gasteiger partial charge in [0.1, 0.15) is 12.4 Å². The lowest BCUT2D eigenvalue weighted by Crippen LogP contribution is -2.29. The fourth-order valence-electron chi connectivity index (χ4n) is 3.04. The molecular formula is C23H24N2O3S. The third kappa shape index (κ3) is 5.81. The third-order valence-corrected chi connectivity index (χ3v) is 4.82. The minimum atomic E-state index is -0.460. The van der Waals surface area contributed by atoms with E-state index in [0.717, 1.165) is 24.2 Å². The van der Waals surface area contributed by atoms with Crippen molar-refractivity contribution < 1.29 is 14.3 Å². The van der Waals surface area contributed by atoms with E-state index in [1.165, 1.54) is 5.56 Å². The first kappa shape index (κ1) is 20.9. The van der Waals surface area contributed by atoms with Crippen molar-refractivity contribution in [2.24, 2.45) is 15.9 Å². The van der Waals surface area contributed by atoms with E-state index in [1.54, 1.807) is 6.92 Å². The predicted molar refractivity (Wildman–Crippen MR) is 119 cm³/mol. The number of ether oxygens (including phenoxy) is 2. The number of carbonyl (C=O) groups excluding carboxylic acids is 1. The highest BCUT2D eigenvalue weighted by Crippen LogP contribution is 2.19. The van der Waals surface area contributed by atoms with Gasteiger partial charge < -0.3 is 9.47 Å². The molecule has 0 spiro atoms. The summed E-state index contributed by atoms with van der Waals surface area (Å²) in [4.78, 5) is 20.4. The van der Waals surface area contributed by atoms with E-state index in [2.05, 4.69) is 22.1 Å². The number of aliphatic imine (C=N–C) groups is 2. The summed E-state index contributed by atoms with van der Waals surface area (Å²) in [6.07, 6.45) is 1.67. The summed E-state index contributed by atoms with van der Waals surface area (Å²) in [7, 11) is 0. The molecule has 5 nitrogen and oxygen atoms in total. The molecule has 3 rings (SSSR count). The van der Waals surface area contributed by atoms with Crippen LogP contribution in [0.25, 0.3) is 0 Å². The van der Waals surface area contributed by atoms with Gasteiger partial charge in [0.05, 0.1) is 12.3 Å². The molecule has 0 N–H and O–H groups in total. The molecule has 0 saturated heterocycles. The zero-order valence-electron chi connectivity index (χ0n) is 16.6. The number of thiocarbonyl (C=S) groups is 1. The molecule has 0 aromatic heterocycles. The molecule has 2 aromatic carbocycles. The summed E-state index contributed by atoms with van der Waals surface area (Å²) in [5.41, 5.74) is 3.20. The van der Waals surface area contributed by atoms with Crippen molar-refractivity contribution >= 4 is 34.7 Å². The number of hydrogen-bond acceptors (Lipinski definition) is 4. The van der Waals surface area contributed by atoms with Crippen LogP contribution in [-0.2, 0) is 22.6 Å². The summed E-state index contributed by atoms with van der Waals surface area (Å²) in [5.74, 6) is 0.429. The molecule has 1 aliphatic heterocycles. The average Bonchev–Trinajstić information content (AvgIpc) is 3.14. The largest absolute Gasteiger partial charge is 0.489 e. The molecule has 0 saturated carbocycles. The van der Waals surface area contributed by atoms with E-state index in [0.29, 0.717) is 18.9 Å². The van der Waals surface area contributed by atoms with Crippen LogP contribution in [-0.4, -0.2) is 29.1 Å². The number of benzene rings is 2. The normalized spacial score (nSPS) is 14.2. The molecule has 0 aliphatic carbocycles. The molecule has 0 radical (unpaired) electrons. The van der Waals surface area contributed by atoms with Crippen LogP contribution in [0.5, 0.6) is 5.75 Å². The van der Waals surface area contributed by atoms with Crippen LogP contribution in [0.15, 0.2) is 64.6 Å². The lowest BCUT2D eigenvalue weighted by molar-refractivity contribution is -0.134. The SMILES string of the molecule is CCOC(=O)C1=NC(=S)N=C1C(C)CCc1ccc(OCc2ccccc2)cc1. The Morgan fingerprint density at radius 2 is 1.76 bits per heavy atom. The van der Waals surface area contributed by atoms with Crippen LogP contribution >= 0.6 is 12.2 Å². The van der Waals surface area contributed by atoms with Crippen LogP contribution < -0.4 is 4.74 Å². The number of esters is 1. The van der Waals surface area contributed by atoms with Gasteiger partial charge in [-0.3, -0.25) is 0 Å². The van der Waals surface area contributed by atoms with E-state index >= 15 is 0 Å². The molecule has 0 amide bonds. The topological polar surface area (TPSA) is 60.2 Å². The highest BCUT2D eigenvalue weighted by atomic mass is 32.1. The summed E-state index contributed by atoms with van der Waals surface area (Å²) in [6.45, 7) is 4.63. The van der Waals surface area contributed by atoms with Crippen LogP contribution in [0, 0.1) is 5.92 Å². The highest BCUT2D eigenvalue weighted by Gasteiger charge is 2.29. The number of nitrogens with zero attached hydrogens (tertiary/aromatic N) is 2. The molecule has 1 aliphatic rings. The van der Waals surface area contributed by atoms with Gasteiger partial charge in [-0.15, -0.1) is 0 Å². The van der Waals surface area contributed by atoms with Gasteiger partial charge in [-0.25, -0.2) is 14.8 Å². The van der Waals surface area contributed by atoms with Gasteiger partial charge in [-0.2, -0.15) is 0 Å². The number of carbonyl (C=O) groups is 1. The summed E-state index contributed by atoms with van der Waals surface area (Å²) in [5, 5.41) is 0.190. The zero-order valence-corrected chi connectivity index (χ0v) is 17.4. The van der Waals surface area contributed by atoms with Crippen LogP contribution in [0.1, 0.15) is 31.4 Å². The Kier molecular flexibility index (Phi) is 7.25. The second-order valence-corrected chi connectivity index (χ2v) is 7.18. The molecular weight excluding hydrogens is 384 g/mol. The van der Waals surface area contributed by atoms with Gasteiger partial charge in [0.15, 0.2) is 5.71 Å². The standard InChI is InChI=1S/C23H24N2O3S/c1-3-27-22(26)21-20(24-23(29)25-21)16(2)9-10-17-11-13-19(14-12-17)28-15-18-7-5-4-6-8-18/h4-8,11-14,16H,3,9-10,15H2,1-2H3. The Hall–Kier alpha value is -2.86. The minimum Gasteiger partial charge on any atom is -0.489 e. The number of aryl methyl sites for hydroxylation is 1. The van der Waals surface area contributed by atoms with E-state index in [1.807, 2.05) is 49.4 Å². The summed E-state index contributed by atoms with van der Waals surface area (Å²) < 4.78 is 10.9. The fourth-order valence-corrected chi connectivity index (χ4v) is 3.23. The summed E-state index contributed by atoms with van der Waals surface area (Å²) >= 11 is 5.05. The molecule has 1 heterocycles. The molecule has 6 heteroatoms. The Morgan fingerprint density at radius 3 is 2.45 bits per heavy atom. The minimum absolute atomic E-state index is 0.0487. The maximum absolute atomic E-state index is 12.1. The van der Waals surface area contributed by atoms with Gasteiger partial charge in [0, 0.05) is 5.92 Å². The lowest BCUT2D eigenvalue weighted by Gasteiger charge is -2.13. The molecule has 0 fully saturated rings. The maximum Gasteiger partial charge on any atom is 0.358 e. The van der Waals surface area contributed by atoms with Crippen LogP contribution in [0.3, 0.4) is 0 Å². The van der Waals surface area contributed by atoms with E-state index < -0.39 is 5.97 Å². The van der Waals surface area contributed by atoms with Crippen molar-refractivity contribution in [3.63, 3.8) is 0 Å². The van der Waals surface area contributed by atoms with Gasteiger partial charge in [-0.1, -0.05) is 49.4 Å². The van der Waals surface area contributed by atoms with Crippen LogP contribution in [0.2, 0.25) is 0 Å². The number of rotatable bonds is 9. The molecule has 2 aromatic rings. The Morgan fingerprint density at radius 1 is 1.03 bits per heavy atom. The second kappa shape index (κ2) is 10.1. The van der Waals surface area contributed by atoms with Gasteiger partial charge >= 0.3 is 5.97 Å². The quantitative estimate of drug-likeness (QED) is 0.450. The van der Waals surface area contributed by atoms with Gasteiger partial charge in [-0.05, 0) is 55.2 Å². The molecule has 1 atom stereocenters. The molecule has 1 unspecified atom stereocenters. The second-order valence-electron chi connectivity index (χ2n) is 6.82. The summed E-state index contributed by atoms with van der Waals surface area (Å²) in [6, 6.07) is 18.2. The van der Waals surface area contributed by atoms with E-state index in [-0.39, 0.29) is 16.7 Å². The van der Waals surface area contributed by atoms with Gasteiger partial charge in [0.25, 0.3) is 0 Å². The monoisotopic (exact) mass is 408 g/mol. The van der Waals surface area contributed by atoms with Crippen molar-refractivity contribution in [3.05, 3.63) is 65.7 Å². The van der Waals surface area contributed by atoms with Crippen molar-refractivity contribution in [2.45, 2.75) is 33.3 Å². The first-order valence-corrected chi connectivity index (χ1v) is 10.1. The van der Waals surface area contributed by atoms with Crippen LogP contribution in [0.4, 0.5) is 0 Å². The predicted octanol–water partition coefficient (Wildman–Crippen LogP) is 4.58. The first-order valence-electron chi connectivity index (χ1n) is 9.71. The first-order chi connectivity index (χ1) is 14.1. The van der Waals surface area contributed by atoms with E-state index in [4.69, 9.17) is 21.7 Å². The average molecular weight is 409 g/mol. The van der Waals surface area contributed by atoms with Crippen molar-refractivity contribution in [1.82, 2.24) is 0 Å². The molecule has 0 bridgehead atoms. The third-order valence-electron chi connectivity index (χ3n) is 4.64. The van der Waals surface area contributed by atoms with Gasteiger partial charge in [0.2, 0.25) is 5.11 Å². The smallest absolute Gasteiger partial charge is 0.358 e. The Labute approximate surface area is 176 Å². The lowest BCUT2D eigenvalue weighted by atomic mass is 9.94. The van der Waals surface area contributed by atoms with Crippen molar-refractivity contribution in [3.8, 4) is 5.75 Å². The molecule has 29 heavy (non-hydrogen) atoms. The highest BCUT2D eigenvalue weighted by molar-refractivity contribution is 7.80. The molecule has 150 valence electrons. The number of hydrogen-bond donors (Lipinski definition) is 0. The Bertz CT molecular complexity index is 921. The Balaban J connectivity index is 1.53. The fraction of sp³-hybridized carbons (Fsp3) is 0.304. The van der Waals surface area contributed by atoms with E-state index in [9.17, 15) is 4.79 Å². The zero-order chi connectivity index (χ0) is 20.6. The van der Waals surface area contributed by atoms with Crippen molar-refractivity contribution in [1.29, 1.82) is 0 Å². The maximum atomic E-state index is 12.1.